The summed E-state index contributed by atoms with van der Waals surface area (Å²) in [7, 11) is 0. The van der Waals surface area contributed by atoms with Crippen molar-refractivity contribution in [3.63, 3.8) is 0 Å². The largest absolute Gasteiger partial charge is 0.508 e. The number of benzene rings is 3. The number of aromatic hydroxyl groups is 1. The van der Waals surface area contributed by atoms with Gasteiger partial charge in [-0.05, 0) is 102 Å². The molecule has 234 valence electrons. The Morgan fingerprint density at radius 1 is 0.932 bits per heavy atom. The number of ether oxygens (including phenoxy) is 1. The zero-order valence-corrected chi connectivity index (χ0v) is 26.9. The molecule has 3 aromatic carbocycles. The van der Waals surface area contributed by atoms with Crippen molar-refractivity contribution < 1.29 is 24.2 Å². The molecule has 1 aliphatic rings. The highest BCUT2D eigenvalue weighted by Gasteiger charge is 2.42. The van der Waals surface area contributed by atoms with Crippen molar-refractivity contribution in [3.8, 4) is 5.75 Å². The van der Waals surface area contributed by atoms with E-state index in [1.807, 2.05) is 64.1 Å². The number of para-hydroxylation sites is 1. The first kappa shape index (κ1) is 32.6. The summed E-state index contributed by atoms with van der Waals surface area (Å²) in [5.41, 5.74) is 5.24. The minimum absolute atomic E-state index is 0.103. The molecule has 8 heteroatoms. The van der Waals surface area contributed by atoms with Crippen LogP contribution in [0.4, 0.5) is 10.5 Å². The Morgan fingerprint density at radius 3 is 2.05 bits per heavy atom. The summed E-state index contributed by atoms with van der Waals surface area (Å²) in [4.78, 5) is 43.9. The molecule has 0 radical (unpaired) electrons. The van der Waals surface area contributed by atoms with Gasteiger partial charge >= 0.3 is 6.09 Å². The highest BCUT2D eigenvalue weighted by molar-refractivity contribution is 6.00. The monoisotopic (exact) mass is 599 g/mol. The Hall–Kier alpha value is -4.33. The molecule has 3 amide bonds. The van der Waals surface area contributed by atoms with E-state index in [9.17, 15) is 19.5 Å². The average molecular weight is 600 g/mol. The van der Waals surface area contributed by atoms with E-state index in [1.165, 1.54) is 0 Å². The van der Waals surface area contributed by atoms with Gasteiger partial charge in [0.2, 0.25) is 5.91 Å². The van der Waals surface area contributed by atoms with Gasteiger partial charge in [-0.15, -0.1) is 0 Å². The predicted octanol–water partition coefficient (Wildman–Crippen LogP) is 6.82. The van der Waals surface area contributed by atoms with E-state index in [1.54, 1.807) is 49.9 Å². The number of nitrogens with one attached hydrogen (secondary N) is 2. The molecule has 44 heavy (non-hydrogen) atoms. The molecule has 0 aromatic heterocycles. The third-order valence-electron chi connectivity index (χ3n) is 7.90. The molecule has 3 N–H and O–H groups in total. The fourth-order valence-corrected chi connectivity index (χ4v) is 5.69. The van der Waals surface area contributed by atoms with Gasteiger partial charge in [0.05, 0.1) is 0 Å². The Labute approximate surface area is 260 Å². The standard InChI is InChI=1S/C36H45N3O5/c1-22-18-23(2)20-27(19-22)32(33(41)38-31-24(3)10-8-11-25(31)4)39(28-12-9-13-28)34(42)30(37-35(43)44-36(5,6)7)21-26-14-16-29(40)17-15-26/h8,10-11,14-20,28,30,32,40H,9,12-13,21H2,1-7H3,(H,37,43)(H,38,41). The molecular formula is C36H45N3O5. The van der Waals surface area contributed by atoms with Crippen molar-refractivity contribution in [3.05, 3.63) is 94.0 Å². The maximum absolute atomic E-state index is 14.8. The van der Waals surface area contributed by atoms with E-state index in [2.05, 4.69) is 10.6 Å². The number of alkyl carbamates (subject to hydrolysis) is 1. The van der Waals surface area contributed by atoms with Crippen LogP contribution in [0.25, 0.3) is 0 Å². The first-order valence-corrected chi connectivity index (χ1v) is 15.3. The summed E-state index contributed by atoms with van der Waals surface area (Å²) < 4.78 is 5.55. The van der Waals surface area contributed by atoms with Crippen LogP contribution < -0.4 is 10.6 Å². The number of hydrogen-bond donors (Lipinski definition) is 3. The summed E-state index contributed by atoms with van der Waals surface area (Å²) in [5.74, 6) is -0.575. The molecule has 3 aromatic rings. The molecular weight excluding hydrogens is 554 g/mol. The zero-order chi connectivity index (χ0) is 32.2. The second-order valence-electron chi connectivity index (χ2n) is 13.0. The van der Waals surface area contributed by atoms with Crippen LogP contribution in [-0.4, -0.2) is 45.6 Å². The highest BCUT2D eigenvalue weighted by Crippen LogP contribution is 2.36. The summed E-state index contributed by atoms with van der Waals surface area (Å²) in [6.45, 7) is 13.1. The van der Waals surface area contributed by atoms with Crippen molar-refractivity contribution in [2.75, 3.05) is 5.32 Å². The summed E-state index contributed by atoms with van der Waals surface area (Å²) in [6.07, 6.45) is 1.88. The van der Waals surface area contributed by atoms with E-state index in [-0.39, 0.29) is 30.0 Å². The van der Waals surface area contributed by atoms with E-state index < -0.39 is 23.8 Å². The maximum atomic E-state index is 14.8. The maximum Gasteiger partial charge on any atom is 0.408 e. The molecule has 8 nitrogen and oxygen atoms in total. The van der Waals surface area contributed by atoms with Crippen molar-refractivity contribution in [2.45, 2.75) is 97.9 Å². The Balaban J connectivity index is 1.80. The van der Waals surface area contributed by atoms with Crippen LogP contribution in [0, 0.1) is 27.7 Å². The molecule has 1 saturated carbocycles. The molecule has 0 bridgehead atoms. The number of phenols is 1. The molecule has 2 atom stereocenters. The number of nitrogens with zero attached hydrogens (tertiary/aromatic N) is 1. The molecule has 4 rings (SSSR count). The minimum atomic E-state index is -1.02. The summed E-state index contributed by atoms with van der Waals surface area (Å²) in [6, 6.07) is 16.2. The highest BCUT2D eigenvalue weighted by atomic mass is 16.6. The van der Waals surface area contributed by atoms with Gasteiger partial charge < -0.3 is 25.4 Å². The van der Waals surface area contributed by atoms with Gasteiger partial charge in [-0.2, -0.15) is 0 Å². The molecule has 2 unspecified atom stereocenters. The van der Waals surface area contributed by atoms with Gasteiger partial charge in [0.1, 0.15) is 23.4 Å². The summed E-state index contributed by atoms with van der Waals surface area (Å²) in [5, 5.41) is 15.8. The lowest BCUT2D eigenvalue weighted by molar-refractivity contribution is -0.145. The number of rotatable bonds is 9. The second-order valence-corrected chi connectivity index (χ2v) is 13.0. The quantitative estimate of drug-likeness (QED) is 0.250. The van der Waals surface area contributed by atoms with Gasteiger partial charge in [-0.1, -0.05) is 59.7 Å². The number of hydrogen-bond acceptors (Lipinski definition) is 5. The van der Waals surface area contributed by atoms with E-state index >= 15 is 0 Å². The van der Waals surface area contributed by atoms with E-state index in [0.29, 0.717) is 5.56 Å². The number of amides is 3. The molecule has 0 saturated heterocycles. The van der Waals surface area contributed by atoms with Crippen LogP contribution in [0.3, 0.4) is 0 Å². The van der Waals surface area contributed by atoms with Crippen LogP contribution in [0.1, 0.15) is 79.5 Å². The molecule has 0 aliphatic heterocycles. The summed E-state index contributed by atoms with van der Waals surface area (Å²) >= 11 is 0. The SMILES string of the molecule is Cc1cc(C)cc(C(C(=O)Nc2c(C)cccc2C)N(C(=O)C(Cc2ccc(O)cc2)NC(=O)OC(C)(C)C)C2CCC2)c1. The Morgan fingerprint density at radius 2 is 1.52 bits per heavy atom. The van der Waals surface area contributed by atoms with E-state index in [4.69, 9.17) is 4.74 Å². The third-order valence-corrected chi connectivity index (χ3v) is 7.90. The topological polar surface area (TPSA) is 108 Å². The first-order chi connectivity index (χ1) is 20.7. The fraction of sp³-hybridized carbons (Fsp3) is 0.417. The number of carbonyl (C=O) groups excluding carboxylic acids is 3. The number of anilines is 1. The Kier molecular flexibility index (Phi) is 10.0. The second kappa shape index (κ2) is 13.5. The predicted molar refractivity (Wildman–Crippen MR) is 173 cm³/mol. The van der Waals surface area contributed by atoms with Crippen molar-refractivity contribution in [2.24, 2.45) is 0 Å². The van der Waals surface area contributed by atoms with Crippen LogP contribution in [-0.2, 0) is 20.7 Å². The smallest absolute Gasteiger partial charge is 0.408 e. The van der Waals surface area contributed by atoms with Crippen molar-refractivity contribution >= 4 is 23.6 Å². The van der Waals surface area contributed by atoms with Crippen LogP contribution in [0.2, 0.25) is 0 Å². The number of aryl methyl sites for hydroxylation is 4. The fourth-order valence-electron chi connectivity index (χ4n) is 5.69. The van der Waals surface area contributed by atoms with Crippen molar-refractivity contribution in [1.29, 1.82) is 0 Å². The number of phenolic OH excluding ortho intramolecular Hbond substituents is 1. The number of carbonyl (C=O) groups is 3. The lowest BCUT2D eigenvalue weighted by Gasteiger charge is -2.44. The van der Waals surface area contributed by atoms with Gasteiger partial charge in [0, 0.05) is 18.2 Å². The average Bonchev–Trinajstić information content (AvgIpc) is 2.88. The third kappa shape index (κ3) is 8.18. The van der Waals surface area contributed by atoms with Crippen LogP contribution in [0.5, 0.6) is 5.75 Å². The van der Waals surface area contributed by atoms with Gasteiger partial charge in [0.25, 0.3) is 5.91 Å². The molecule has 0 spiro atoms. The Bertz CT molecular complexity index is 1460. The normalized spacial score (nSPS) is 14.6. The van der Waals surface area contributed by atoms with Gasteiger partial charge in [-0.3, -0.25) is 9.59 Å². The van der Waals surface area contributed by atoms with E-state index in [0.717, 1.165) is 52.8 Å². The minimum Gasteiger partial charge on any atom is -0.508 e. The van der Waals surface area contributed by atoms with Gasteiger partial charge in [0.15, 0.2) is 0 Å². The molecule has 1 aliphatic carbocycles. The zero-order valence-electron chi connectivity index (χ0n) is 26.9. The molecule has 1 fully saturated rings. The molecule has 0 heterocycles. The van der Waals surface area contributed by atoms with Crippen LogP contribution >= 0.6 is 0 Å². The van der Waals surface area contributed by atoms with Crippen LogP contribution in [0.15, 0.2) is 60.7 Å². The lowest BCUT2D eigenvalue weighted by atomic mass is 9.87. The van der Waals surface area contributed by atoms with Crippen molar-refractivity contribution in [1.82, 2.24) is 10.2 Å². The lowest BCUT2D eigenvalue weighted by Crippen LogP contribution is -2.57. The van der Waals surface area contributed by atoms with Gasteiger partial charge in [-0.25, -0.2) is 4.79 Å². The first-order valence-electron chi connectivity index (χ1n) is 15.3.